The highest BCUT2D eigenvalue weighted by molar-refractivity contribution is 5.52. The fourth-order valence-electron chi connectivity index (χ4n) is 1.92. The van der Waals surface area contributed by atoms with Crippen molar-refractivity contribution in [3.8, 4) is 0 Å². The van der Waals surface area contributed by atoms with Gasteiger partial charge in [0.1, 0.15) is 12.6 Å². The van der Waals surface area contributed by atoms with Crippen LogP contribution in [0.5, 0.6) is 0 Å². The number of carbonyl (C=O) groups excluding carboxylic acids is 2. The molecule has 2 atom stereocenters. The predicted octanol–water partition coefficient (Wildman–Crippen LogP) is 5.58. The Balaban J connectivity index is 0. The van der Waals surface area contributed by atoms with Crippen LogP contribution in [-0.4, -0.2) is 12.6 Å². The molecule has 0 saturated heterocycles. The second kappa shape index (κ2) is 18.3. The highest BCUT2D eigenvalue weighted by Crippen LogP contribution is 2.08. The maximum absolute atomic E-state index is 10.2. The Morgan fingerprint density at radius 1 is 0.650 bits per heavy atom. The summed E-state index contributed by atoms with van der Waals surface area (Å²) in [6.45, 7) is 8.37. The van der Waals surface area contributed by atoms with Crippen molar-refractivity contribution < 1.29 is 9.59 Å². The minimum atomic E-state index is 0.275. The average Bonchev–Trinajstić information content (AvgIpc) is 2.48. The van der Waals surface area contributed by atoms with Crippen LogP contribution >= 0.6 is 0 Å². The van der Waals surface area contributed by atoms with Crippen molar-refractivity contribution in [2.24, 2.45) is 11.8 Å². The van der Waals surface area contributed by atoms with E-state index in [4.69, 9.17) is 0 Å². The fraction of sp³-hybridized carbons (Fsp3) is 0.889. The predicted molar refractivity (Wildman–Crippen MR) is 88.0 cm³/mol. The Labute approximate surface area is 126 Å². The molecule has 0 heterocycles. The number of hydrogen-bond donors (Lipinski definition) is 0. The first-order chi connectivity index (χ1) is 9.62. The molecule has 120 valence electrons. The molecule has 2 unspecified atom stereocenters. The normalized spacial score (nSPS) is 13.0. The summed E-state index contributed by atoms with van der Waals surface area (Å²) in [5.74, 6) is 0.550. The van der Waals surface area contributed by atoms with Gasteiger partial charge in [0.05, 0.1) is 0 Å². The number of carbonyl (C=O) groups is 2. The van der Waals surface area contributed by atoms with Gasteiger partial charge in [-0.25, -0.2) is 0 Å². The van der Waals surface area contributed by atoms with E-state index in [0.717, 1.165) is 25.4 Å². The van der Waals surface area contributed by atoms with Gasteiger partial charge in [-0.2, -0.15) is 0 Å². The van der Waals surface area contributed by atoms with Gasteiger partial charge in [0.15, 0.2) is 0 Å². The quantitative estimate of drug-likeness (QED) is 0.346. The third-order valence-electron chi connectivity index (χ3n) is 3.49. The van der Waals surface area contributed by atoms with E-state index < -0.39 is 0 Å². The fourth-order valence-corrected chi connectivity index (χ4v) is 1.92. The van der Waals surface area contributed by atoms with Crippen molar-refractivity contribution in [2.45, 2.75) is 91.9 Å². The summed E-state index contributed by atoms with van der Waals surface area (Å²) in [4.78, 5) is 20.3. The molecule has 20 heavy (non-hydrogen) atoms. The van der Waals surface area contributed by atoms with Gasteiger partial charge < -0.3 is 9.59 Å². The molecule has 0 N–H and O–H groups in total. The summed E-state index contributed by atoms with van der Waals surface area (Å²) in [5.41, 5.74) is 0. The van der Waals surface area contributed by atoms with E-state index in [1.807, 2.05) is 13.8 Å². The zero-order valence-corrected chi connectivity index (χ0v) is 14.2. The van der Waals surface area contributed by atoms with Crippen molar-refractivity contribution >= 4 is 12.6 Å². The average molecular weight is 284 g/mol. The van der Waals surface area contributed by atoms with E-state index in [1.165, 1.54) is 51.4 Å². The van der Waals surface area contributed by atoms with Crippen LogP contribution in [0.15, 0.2) is 0 Å². The van der Waals surface area contributed by atoms with Gasteiger partial charge in [0.2, 0.25) is 0 Å². The topological polar surface area (TPSA) is 34.1 Å². The molecular formula is C18H36O2. The van der Waals surface area contributed by atoms with Crippen molar-refractivity contribution in [1.82, 2.24) is 0 Å². The Morgan fingerprint density at radius 3 is 1.25 bits per heavy atom. The first-order valence-corrected chi connectivity index (χ1v) is 8.52. The van der Waals surface area contributed by atoms with E-state index >= 15 is 0 Å². The second-order valence-corrected chi connectivity index (χ2v) is 5.93. The highest BCUT2D eigenvalue weighted by atomic mass is 16.1. The Morgan fingerprint density at radius 2 is 1.00 bits per heavy atom. The molecular weight excluding hydrogens is 248 g/mol. The largest absolute Gasteiger partial charge is 0.303 e. The van der Waals surface area contributed by atoms with Crippen LogP contribution in [0.1, 0.15) is 91.9 Å². The van der Waals surface area contributed by atoms with Gasteiger partial charge in [-0.15, -0.1) is 0 Å². The molecule has 0 rings (SSSR count). The maximum atomic E-state index is 10.2. The Hall–Kier alpha value is -0.660. The highest BCUT2D eigenvalue weighted by Gasteiger charge is 1.97. The van der Waals surface area contributed by atoms with Gasteiger partial charge >= 0.3 is 0 Å². The van der Waals surface area contributed by atoms with E-state index in [0.29, 0.717) is 0 Å². The van der Waals surface area contributed by atoms with E-state index in [2.05, 4.69) is 13.8 Å². The molecule has 0 bridgehead atoms. The SMILES string of the molecule is CCCCCCC(C)C=O.CCCCCCC(C)C=O. The molecule has 2 heteroatoms. The lowest BCUT2D eigenvalue weighted by atomic mass is 10.0. The van der Waals surface area contributed by atoms with Crippen LogP contribution in [0, 0.1) is 11.8 Å². The summed E-state index contributed by atoms with van der Waals surface area (Å²) < 4.78 is 0. The number of hydrogen-bond acceptors (Lipinski definition) is 2. The van der Waals surface area contributed by atoms with Gasteiger partial charge in [-0.3, -0.25) is 0 Å². The summed E-state index contributed by atoms with van der Waals surface area (Å²) in [5, 5.41) is 0. The van der Waals surface area contributed by atoms with Gasteiger partial charge in [0, 0.05) is 11.8 Å². The van der Waals surface area contributed by atoms with E-state index in [-0.39, 0.29) is 11.8 Å². The van der Waals surface area contributed by atoms with Gasteiger partial charge in [-0.1, -0.05) is 79.1 Å². The van der Waals surface area contributed by atoms with E-state index in [9.17, 15) is 9.59 Å². The third-order valence-corrected chi connectivity index (χ3v) is 3.49. The molecule has 0 aliphatic rings. The lowest BCUT2D eigenvalue weighted by Gasteiger charge is -2.00. The zero-order chi connectivity index (χ0) is 15.6. The van der Waals surface area contributed by atoms with E-state index in [1.54, 1.807) is 0 Å². The van der Waals surface area contributed by atoms with Crippen LogP contribution in [0.4, 0.5) is 0 Å². The molecule has 0 saturated carbocycles. The van der Waals surface area contributed by atoms with Crippen molar-refractivity contribution in [1.29, 1.82) is 0 Å². The van der Waals surface area contributed by atoms with Crippen LogP contribution in [0.3, 0.4) is 0 Å². The smallest absolute Gasteiger partial charge is 0.122 e. The lowest BCUT2D eigenvalue weighted by Crippen LogP contribution is -1.94. The molecule has 0 radical (unpaired) electrons. The molecule has 2 nitrogen and oxygen atoms in total. The minimum Gasteiger partial charge on any atom is -0.303 e. The minimum absolute atomic E-state index is 0.275. The monoisotopic (exact) mass is 284 g/mol. The standard InChI is InChI=1S/2C9H18O/c2*1-3-4-5-6-7-9(2)8-10/h2*8-9H,3-7H2,1-2H3. The number of rotatable bonds is 12. The Kier molecular flexibility index (Phi) is 19.8. The molecule has 0 spiro atoms. The first kappa shape index (κ1) is 21.6. The summed E-state index contributed by atoms with van der Waals surface area (Å²) in [7, 11) is 0. The molecule has 0 aromatic rings. The Bertz CT molecular complexity index is 180. The number of aldehydes is 2. The molecule has 0 fully saturated rings. The van der Waals surface area contributed by atoms with Gasteiger partial charge in [-0.05, 0) is 12.8 Å². The molecule has 0 aromatic carbocycles. The lowest BCUT2D eigenvalue weighted by molar-refractivity contribution is -0.111. The summed E-state index contributed by atoms with van der Waals surface area (Å²) in [6.07, 6.45) is 14.4. The van der Waals surface area contributed by atoms with Crippen LogP contribution in [0.2, 0.25) is 0 Å². The zero-order valence-electron chi connectivity index (χ0n) is 14.2. The van der Waals surface area contributed by atoms with Crippen LogP contribution in [0.25, 0.3) is 0 Å². The summed E-state index contributed by atoms with van der Waals surface area (Å²) >= 11 is 0. The maximum Gasteiger partial charge on any atom is 0.122 e. The van der Waals surface area contributed by atoms with Crippen molar-refractivity contribution in [3.63, 3.8) is 0 Å². The summed E-state index contributed by atoms with van der Waals surface area (Å²) in [6, 6.07) is 0. The van der Waals surface area contributed by atoms with Crippen molar-refractivity contribution in [3.05, 3.63) is 0 Å². The van der Waals surface area contributed by atoms with Crippen LogP contribution in [-0.2, 0) is 9.59 Å². The third kappa shape index (κ3) is 19.7. The van der Waals surface area contributed by atoms with Gasteiger partial charge in [0.25, 0.3) is 0 Å². The molecule has 0 amide bonds. The number of unbranched alkanes of at least 4 members (excludes halogenated alkanes) is 6. The molecule has 0 aromatic heterocycles. The first-order valence-electron chi connectivity index (χ1n) is 8.52. The van der Waals surface area contributed by atoms with Crippen LogP contribution < -0.4 is 0 Å². The van der Waals surface area contributed by atoms with Crippen molar-refractivity contribution in [2.75, 3.05) is 0 Å². The molecule has 0 aliphatic heterocycles. The molecule has 0 aliphatic carbocycles. The second-order valence-electron chi connectivity index (χ2n) is 5.93.